The van der Waals surface area contributed by atoms with Crippen LogP contribution in [0.1, 0.15) is 66.1 Å². The summed E-state index contributed by atoms with van der Waals surface area (Å²) < 4.78 is 5.39. The van der Waals surface area contributed by atoms with Crippen molar-refractivity contribution < 1.29 is 23.9 Å². The number of amides is 3. The van der Waals surface area contributed by atoms with Crippen molar-refractivity contribution in [3.8, 4) is 10.4 Å². The number of aromatic nitrogens is 1. The lowest BCUT2D eigenvalue weighted by Crippen LogP contribution is -2.59. The van der Waals surface area contributed by atoms with Crippen molar-refractivity contribution in [2.45, 2.75) is 86.5 Å². The zero-order valence-corrected chi connectivity index (χ0v) is 24.9. The van der Waals surface area contributed by atoms with Crippen LogP contribution in [0.15, 0.2) is 29.8 Å². The first-order valence-electron chi connectivity index (χ1n) is 13.1. The van der Waals surface area contributed by atoms with Gasteiger partial charge in [0.25, 0.3) is 0 Å². The SMILES string of the molecule is CC(=O)O[C@@H]1C[C@@H](C(=O)NCc2ccc(-c3scnc3C)cc2)N(C(=O)C(NC(=O)C(C)(C)C)C(C)(C)C)C1. The summed E-state index contributed by atoms with van der Waals surface area (Å²) in [5.41, 5.74) is 3.45. The largest absolute Gasteiger partial charge is 0.461 e. The Balaban J connectivity index is 1.76. The van der Waals surface area contributed by atoms with Crippen LogP contribution in [0.2, 0.25) is 0 Å². The Hall–Kier alpha value is -3.27. The molecule has 2 heterocycles. The number of nitrogens with zero attached hydrogens (tertiary/aromatic N) is 2. The van der Waals surface area contributed by atoms with E-state index in [2.05, 4.69) is 15.6 Å². The molecule has 3 rings (SSSR count). The fourth-order valence-electron chi connectivity index (χ4n) is 4.43. The summed E-state index contributed by atoms with van der Waals surface area (Å²) in [6, 6.07) is 6.19. The summed E-state index contributed by atoms with van der Waals surface area (Å²) in [6.45, 7) is 14.6. The zero-order chi connectivity index (χ0) is 29.1. The highest BCUT2D eigenvalue weighted by molar-refractivity contribution is 7.13. The number of ether oxygens (including phenoxy) is 1. The molecule has 2 aromatic rings. The van der Waals surface area contributed by atoms with E-state index in [1.807, 2.05) is 57.5 Å². The second-order valence-corrected chi connectivity index (χ2v) is 13.0. The van der Waals surface area contributed by atoms with Crippen LogP contribution in [0.3, 0.4) is 0 Å². The van der Waals surface area contributed by atoms with Crippen molar-refractivity contribution in [2.24, 2.45) is 10.8 Å². The topological polar surface area (TPSA) is 118 Å². The molecule has 212 valence electrons. The number of hydrogen-bond donors (Lipinski definition) is 2. The minimum Gasteiger partial charge on any atom is -0.461 e. The first kappa shape index (κ1) is 30.3. The third-order valence-corrected chi connectivity index (χ3v) is 7.66. The average Bonchev–Trinajstić information content (AvgIpc) is 3.45. The number of likely N-dealkylation sites (tertiary alicyclic amines) is 1. The average molecular weight is 557 g/mol. The molecule has 0 saturated carbocycles. The van der Waals surface area contributed by atoms with E-state index in [0.29, 0.717) is 0 Å². The van der Waals surface area contributed by atoms with Crippen molar-refractivity contribution in [2.75, 3.05) is 6.54 Å². The molecule has 3 amide bonds. The first-order valence-corrected chi connectivity index (χ1v) is 14.0. The summed E-state index contributed by atoms with van der Waals surface area (Å²) in [6.07, 6.45) is -0.423. The van der Waals surface area contributed by atoms with E-state index in [4.69, 9.17) is 4.74 Å². The van der Waals surface area contributed by atoms with Gasteiger partial charge in [0, 0.05) is 25.3 Å². The monoisotopic (exact) mass is 556 g/mol. The van der Waals surface area contributed by atoms with Crippen LogP contribution in [0.5, 0.6) is 0 Å². The number of carbonyl (C=O) groups excluding carboxylic acids is 4. The molecule has 1 aliphatic heterocycles. The van der Waals surface area contributed by atoms with E-state index < -0.39 is 35.0 Å². The molecular weight excluding hydrogens is 516 g/mol. The van der Waals surface area contributed by atoms with Gasteiger partial charge in [-0.3, -0.25) is 19.2 Å². The van der Waals surface area contributed by atoms with Gasteiger partial charge in [-0.1, -0.05) is 65.8 Å². The van der Waals surface area contributed by atoms with Gasteiger partial charge in [0.15, 0.2) is 0 Å². The van der Waals surface area contributed by atoms with Crippen molar-refractivity contribution in [1.82, 2.24) is 20.5 Å². The molecule has 1 fully saturated rings. The molecule has 1 aliphatic rings. The number of rotatable bonds is 7. The van der Waals surface area contributed by atoms with E-state index in [-0.39, 0.29) is 37.2 Å². The second kappa shape index (κ2) is 11.9. The van der Waals surface area contributed by atoms with Crippen LogP contribution in [0.4, 0.5) is 0 Å². The maximum atomic E-state index is 13.8. The van der Waals surface area contributed by atoms with Crippen LogP contribution in [0.25, 0.3) is 10.4 Å². The van der Waals surface area contributed by atoms with Gasteiger partial charge >= 0.3 is 5.97 Å². The second-order valence-electron chi connectivity index (χ2n) is 12.2. The Morgan fingerprint density at radius 2 is 1.74 bits per heavy atom. The van der Waals surface area contributed by atoms with Crippen molar-refractivity contribution in [3.63, 3.8) is 0 Å². The van der Waals surface area contributed by atoms with E-state index in [1.165, 1.54) is 11.8 Å². The van der Waals surface area contributed by atoms with Crippen LogP contribution < -0.4 is 10.6 Å². The van der Waals surface area contributed by atoms with E-state index in [9.17, 15) is 19.2 Å². The number of carbonyl (C=O) groups is 4. The summed E-state index contributed by atoms with van der Waals surface area (Å²) in [4.78, 5) is 58.5. The minimum absolute atomic E-state index is 0.0807. The van der Waals surface area contributed by atoms with E-state index in [0.717, 1.165) is 21.7 Å². The van der Waals surface area contributed by atoms with Gasteiger partial charge in [-0.25, -0.2) is 4.98 Å². The molecule has 1 aromatic heterocycles. The standard InChI is InChI=1S/C29H40N4O5S/c1-17-23(39-16-31-17)20-11-9-19(10-12-20)14-30-25(35)22-13-21(38-18(2)34)15-33(22)26(36)24(28(3,4)5)32-27(37)29(6,7)8/h9-12,16,21-22,24H,13-15H2,1-8H3,(H,30,35)(H,32,37)/t21-,22+,24?/m1/s1. The van der Waals surface area contributed by atoms with Gasteiger partial charge in [0.05, 0.1) is 22.6 Å². The molecule has 39 heavy (non-hydrogen) atoms. The first-order chi connectivity index (χ1) is 18.1. The van der Waals surface area contributed by atoms with Crippen molar-refractivity contribution in [3.05, 3.63) is 41.0 Å². The summed E-state index contributed by atoms with van der Waals surface area (Å²) >= 11 is 1.58. The minimum atomic E-state index is -0.863. The molecule has 2 N–H and O–H groups in total. The lowest BCUT2D eigenvalue weighted by atomic mass is 9.84. The zero-order valence-electron chi connectivity index (χ0n) is 24.1. The highest BCUT2D eigenvalue weighted by atomic mass is 32.1. The highest BCUT2D eigenvalue weighted by Crippen LogP contribution is 2.29. The molecule has 1 unspecified atom stereocenters. The lowest BCUT2D eigenvalue weighted by molar-refractivity contribution is -0.147. The third kappa shape index (κ3) is 7.65. The Kier molecular flexibility index (Phi) is 9.20. The van der Waals surface area contributed by atoms with Gasteiger partial charge in [-0.15, -0.1) is 11.3 Å². The maximum absolute atomic E-state index is 13.8. The normalized spacial score (nSPS) is 18.4. The molecule has 0 radical (unpaired) electrons. The van der Waals surface area contributed by atoms with E-state index in [1.54, 1.807) is 32.1 Å². The fourth-order valence-corrected chi connectivity index (χ4v) is 5.24. The lowest BCUT2D eigenvalue weighted by Gasteiger charge is -2.36. The van der Waals surface area contributed by atoms with Crippen LogP contribution in [-0.2, 0) is 30.5 Å². The number of hydrogen-bond acceptors (Lipinski definition) is 7. The number of esters is 1. The van der Waals surface area contributed by atoms with Gasteiger partial charge in [0.2, 0.25) is 17.7 Å². The van der Waals surface area contributed by atoms with Crippen LogP contribution >= 0.6 is 11.3 Å². The molecular formula is C29H40N4O5S. The van der Waals surface area contributed by atoms with Crippen LogP contribution in [-0.4, -0.2) is 58.3 Å². The molecule has 10 heteroatoms. The summed E-state index contributed by atoms with van der Waals surface area (Å²) in [5, 5.41) is 5.83. The van der Waals surface area contributed by atoms with Gasteiger partial charge in [-0.2, -0.15) is 0 Å². The maximum Gasteiger partial charge on any atom is 0.302 e. The Bertz CT molecular complexity index is 1210. The molecule has 0 spiro atoms. The van der Waals surface area contributed by atoms with Crippen molar-refractivity contribution >= 4 is 35.0 Å². The molecule has 3 atom stereocenters. The number of benzene rings is 1. The molecule has 9 nitrogen and oxygen atoms in total. The molecule has 0 aliphatic carbocycles. The fraction of sp³-hybridized carbons (Fsp3) is 0.552. The number of aryl methyl sites for hydroxylation is 1. The molecule has 1 aromatic carbocycles. The third-order valence-electron chi connectivity index (χ3n) is 6.68. The quantitative estimate of drug-likeness (QED) is 0.501. The van der Waals surface area contributed by atoms with E-state index >= 15 is 0 Å². The molecule has 1 saturated heterocycles. The van der Waals surface area contributed by atoms with Crippen molar-refractivity contribution in [1.29, 1.82) is 0 Å². The predicted molar refractivity (Wildman–Crippen MR) is 151 cm³/mol. The van der Waals surface area contributed by atoms with Gasteiger partial charge in [-0.05, 0) is 23.5 Å². The smallest absolute Gasteiger partial charge is 0.302 e. The highest BCUT2D eigenvalue weighted by Gasteiger charge is 2.46. The van der Waals surface area contributed by atoms with Crippen LogP contribution in [0, 0.1) is 17.8 Å². The number of nitrogens with one attached hydrogen (secondary N) is 2. The Labute approximate surface area is 234 Å². The summed E-state index contributed by atoms with van der Waals surface area (Å²) in [7, 11) is 0. The van der Waals surface area contributed by atoms with Gasteiger partial charge < -0.3 is 20.3 Å². The van der Waals surface area contributed by atoms with Gasteiger partial charge in [0.1, 0.15) is 18.2 Å². The summed E-state index contributed by atoms with van der Waals surface area (Å²) in [5.74, 6) is -1.45. The molecule has 0 bridgehead atoms. The number of thiazole rings is 1. The Morgan fingerprint density at radius 3 is 2.26 bits per heavy atom. The predicted octanol–water partition coefficient (Wildman–Crippen LogP) is 3.84. The Morgan fingerprint density at radius 1 is 1.10 bits per heavy atom.